The van der Waals surface area contributed by atoms with Gasteiger partial charge in [-0.1, -0.05) is 0 Å². The number of aromatic hydroxyl groups is 3. The number of phenols is 1. The van der Waals surface area contributed by atoms with Gasteiger partial charge in [0.15, 0.2) is 11.3 Å². The second-order valence-electron chi connectivity index (χ2n) is 14.5. The van der Waals surface area contributed by atoms with Crippen LogP contribution in [-0.2, 0) is 29.6 Å². The first-order chi connectivity index (χ1) is 30.9. The van der Waals surface area contributed by atoms with Crippen molar-refractivity contribution >= 4 is 48.7 Å². The van der Waals surface area contributed by atoms with Gasteiger partial charge in [-0.05, 0) is 55.0 Å². The van der Waals surface area contributed by atoms with E-state index in [0.29, 0.717) is 16.5 Å². The molecule has 1 fully saturated rings. The van der Waals surface area contributed by atoms with Crippen LogP contribution in [0.1, 0.15) is 45.3 Å². The molecule has 22 nitrogen and oxygen atoms in total. The standard InChI is InChI=1S/C41H40N5O17PS/c1-20-18-46(41(57)42-37(20)52)35-16-28(49)31(63-35)19-61-64(58,59-2)60-11-12-65-32-17-34(51)45(39(32)54)10-9-33(50)43-44-38(53)21-3-6-24(40(55)56)27(13-21)36-25-7-4-22(47)14-29(25)62-30-15-23(48)5-8-26(30)36/h3-8,13-15,17-18,28,31,35,49,58H,9-12,16,19H2,1-2H3,(H6-,42,43,44,47,48,50,51,52,53,54,55,56,57)/p+1/t28?,31-,35-,64?/m1/s1. The maximum atomic E-state index is 13.3. The number of hydrazine groups is 1. The summed E-state index contributed by atoms with van der Waals surface area (Å²) in [6.45, 7) is 0.716. The number of carbonyl (C=O) groups is 3. The number of amides is 2. The number of aliphatic hydroxyl groups excluding tert-OH is 1. The summed E-state index contributed by atoms with van der Waals surface area (Å²) in [5, 5.41) is 52.4. The molecule has 7 rings (SSSR count). The van der Waals surface area contributed by atoms with Crippen molar-refractivity contribution < 1.29 is 67.5 Å². The van der Waals surface area contributed by atoms with Gasteiger partial charge in [0.1, 0.15) is 42.6 Å². The zero-order valence-electron chi connectivity index (χ0n) is 34.2. The van der Waals surface area contributed by atoms with Crippen molar-refractivity contribution in [2.75, 3.05) is 26.1 Å². The van der Waals surface area contributed by atoms with Crippen molar-refractivity contribution in [3.63, 3.8) is 0 Å². The van der Waals surface area contributed by atoms with E-state index in [9.17, 15) is 59.2 Å². The zero-order valence-corrected chi connectivity index (χ0v) is 36.0. The van der Waals surface area contributed by atoms with Crippen LogP contribution in [-0.4, -0.2) is 101 Å². The summed E-state index contributed by atoms with van der Waals surface area (Å²) in [4.78, 5) is 87.8. The fourth-order valence-electron chi connectivity index (χ4n) is 6.98. The highest BCUT2D eigenvalue weighted by molar-refractivity contribution is 7.99. The number of phenolic OH excluding ortho intramolecular Hbond substituents is 1. The molecule has 2 aromatic heterocycles. The number of aryl methyl sites for hydroxylation is 1. The Morgan fingerprint density at radius 1 is 0.985 bits per heavy atom. The highest BCUT2D eigenvalue weighted by Gasteiger charge is 2.46. The minimum atomic E-state index is -3.94. The summed E-state index contributed by atoms with van der Waals surface area (Å²) in [5.74, 6) is -3.57. The number of aromatic nitrogens is 3. The van der Waals surface area contributed by atoms with E-state index in [4.69, 9.17) is 22.7 Å². The molecule has 2 aliphatic heterocycles. The molecule has 24 heteroatoms. The van der Waals surface area contributed by atoms with Gasteiger partial charge in [-0.3, -0.25) is 44.1 Å². The van der Waals surface area contributed by atoms with E-state index in [0.717, 1.165) is 28.0 Å². The molecular weight excluding hydrogens is 898 g/mol. The van der Waals surface area contributed by atoms with Crippen LogP contribution in [0.4, 0.5) is 0 Å². The second kappa shape index (κ2) is 19.3. The fraction of sp³-hybridized carbons (Fsp3) is 0.268. The molecule has 0 spiro atoms. The summed E-state index contributed by atoms with van der Waals surface area (Å²) in [6, 6.07) is 13.1. The number of nitrogens with zero attached hydrogens (tertiary/aromatic N) is 2. The summed E-state index contributed by atoms with van der Waals surface area (Å²) in [5.41, 5.74) is 3.78. The van der Waals surface area contributed by atoms with Crippen LogP contribution >= 0.6 is 19.9 Å². The lowest BCUT2D eigenvalue weighted by atomic mass is 9.89. The third-order valence-corrected chi connectivity index (χ3v) is 12.7. The lowest BCUT2D eigenvalue weighted by Gasteiger charge is -2.18. The molecule has 9 N–H and O–H groups in total. The first kappa shape index (κ1) is 46.4. The Labute approximate surface area is 370 Å². The van der Waals surface area contributed by atoms with E-state index >= 15 is 0 Å². The number of aliphatic hydroxyl groups is 1. The number of fused-ring (bicyclic) bond motifs is 2. The Bertz CT molecular complexity index is 2950. The molecule has 0 saturated carbocycles. The lowest BCUT2D eigenvalue weighted by Crippen LogP contribution is -2.41. The van der Waals surface area contributed by atoms with Crippen LogP contribution in [0.2, 0.25) is 0 Å². The van der Waals surface area contributed by atoms with E-state index in [1.165, 1.54) is 73.8 Å². The maximum absolute atomic E-state index is 13.3. The molecule has 0 bridgehead atoms. The Morgan fingerprint density at radius 3 is 2.52 bits per heavy atom. The van der Waals surface area contributed by atoms with E-state index in [1.807, 2.05) is 0 Å². The van der Waals surface area contributed by atoms with Gasteiger partial charge in [0.25, 0.3) is 11.5 Å². The van der Waals surface area contributed by atoms with Crippen LogP contribution in [0, 0.1) is 6.92 Å². The highest BCUT2D eigenvalue weighted by Crippen LogP contribution is 2.58. The number of ether oxygens (including phenoxy) is 1. The van der Waals surface area contributed by atoms with E-state index in [1.54, 1.807) is 0 Å². The SMILES string of the molecule is CO[P+](O)(OCCSc1cc(O)n(CCC(=O)NNC(=O)c2ccc(C(=O)O)c(-c3c4ccc(=O)cc-4oc4cc(O)ccc34)c2)c1O)OC[C@H]1O[C@@H](n2cc(C)c(=O)[nH]c2=O)CC1O. The predicted octanol–water partition coefficient (Wildman–Crippen LogP) is 2.98. The molecule has 1 saturated heterocycles. The summed E-state index contributed by atoms with van der Waals surface area (Å²) in [6.07, 6.45) is -2.03. The molecule has 2 amide bonds. The molecule has 2 aromatic carbocycles. The Kier molecular flexibility index (Phi) is 13.8. The molecule has 0 radical (unpaired) electrons. The minimum absolute atomic E-state index is 0.00315. The minimum Gasteiger partial charge on any atom is -0.508 e. The van der Waals surface area contributed by atoms with Crippen molar-refractivity contribution in [2.45, 2.75) is 49.6 Å². The van der Waals surface area contributed by atoms with Crippen LogP contribution < -0.4 is 27.5 Å². The van der Waals surface area contributed by atoms with Gasteiger partial charge in [0.2, 0.25) is 11.8 Å². The van der Waals surface area contributed by atoms with Gasteiger partial charge in [-0.2, -0.15) is 18.5 Å². The lowest BCUT2D eigenvalue weighted by molar-refractivity contribution is -0.122. The maximum Gasteiger partial charge on any atom is 0.572 e. The molecular formula is C41H41N5O17PS+. The molecule has 65 heavy (non-hydrogen) atoms. The number of hydrogen-bond acceptors (Lipinski definition) is 17. The molecule has 342 valence electrons. The van der Waals surface area contributed by atoms with Crippen molar-refractivity contribution in [1.82, 2.24) is 25.0 Å². The second-order valence-corrected chi connectivity index (χ2v) is 17.5. The molecule has 4 atom stereocenters. The number of thioether (sulfide) groups is 1. The number of aromatic amines is 1. The Hall–Kier alpha value is -6.56. The van der Waals surface area contributed by atoms with Gasteiger partial charge in [0, 0.05) is 77.2 Å². The summed E-state index contributed by atoms with van der Waals surface area (Å²) >= 11 is 1.02. The normalized spacial score (nSPS) is 17.0. The van der Waals surface area contributed by atoms with Gasteiger partial charge < -0.3 is 34.7 Å². The predicted molar refractivity (Wildman–Crippen MR) is 231 cm³/mol. The number of rotatable bonds is 16. The number of hydrogen-bond donors (Lipinski definition) is 9. The van der Waals surface area contributed by atoms with Gasteiger partial charge in [-0.15, -0.1) is 11.8 Å². The fourth-order valence-corrected chi connectivity index (χ4v) is 8.86. The number of benzene rings is 3. The molecule has 1 aliphatic carbocycles. The molecule has 4 aromatic rings. The highest BCUT2D eigenvalue weighted by atomic mass is 32.2. The van der Waals surface area contributed by atoms with Crippen LogP contribution in [0.5, 0.6) is 17.5 Å². The average Bonchev–Trinajstić information content (AvgIpc) is 3.78. The third-order valence-electron chi connectivity index (χ3n) is 10.2. The van der Waals surface area contributed by atoms with Gasteiger partial charge in [0.05, 0.1) is 23.7 Å². The third kappa shape index (κ3) is 10.2. The molecule has 4 heterocycles. The van der Waals surface area contributed by atoms with Gasteiger partial charge >= 0.3 is 19.8 Å². The first-order valence-electron chi connectivity index (χ1n) is 19.5. The van der Waals surface area contributed by atoms with Crippen molar-refractivity contribution in [3.05, 3.63) is 115 Å². The van der Waals surface area contributed by atoms with Gasteiger partial charge in [-0.25, -0.2) is 9.59 Å². The summed E-state index contributed by atoms with van der Waals surface area (Å²) < 4.78 is 29.8. The van der Waals surface area contributed by atoms with Crippen molar-refractivity contribution in [2.24, 2.45) is 0 Å². The number of carboxylic acids is 1. The topological polar surface area (TPSA) is 324 Å². The molecule has 3 aliphatic rings. The van der Waals surface area contributed by atoms with E-state index < -0.39 is 61.5 Å². The number of nitrogens with one attached hydrogen (secondary N) is 3. The Morgan fingerprint density at radius 2 is 1.77 bits per heavy atom. The summed E-state index contributed by atoms with van der Waals surface area (Å²) in [7, 11) is -2.79. The number of H-pyrrole nitrogens is 1. The van der Waals surface area contributed by atoms with Crippen LogP contribution in [0.25, 0.3) is 33.4 Å². The Balaban J connectivity index is 0.918. The quantitative estimate of drug-likeness (QED) is 0.0221. The van der Waals surface area contributed by atoms with E-state index in [-0.39, 0.29) is 93.9 Å². The van der Waals surface area contributed by atoms with Crippen molar-refractivity contribution in [1.29, 1.82) is 0 Å². The van der Waals surface area contributed by atoms with Crippen LogP contribution in [0.3, 0.4) is 0 Å². The molecule has 2 unspecified atom stereocenters. The van der Waals surface area contributed by atoms with Crippen LogP contribution in [0.15, 0.2) is 90.6 Å². The largest absolute Gasteiger partial charge is 0.572 e. The first-order valence-corrected chi connectivity index (χ1v) is 22.0. The number of aromatic carboxylic acids is 1. The number of carbonyl (C=O) groups excluding carboxylic acids is 2. The zero-order chi connectivity index (χ0) is 46.7. The number of carboxylic acid groups (broad SMARTS) is 1. The smallest absolute Gasteiger partial charge is 0.508 e. The van der Waals surface area contributed by atoms with Crippen molar-refractivity contribution in [3.8, 4) is 40.0 Å². The monoisotopic (exact) mass is 938 g/mol. The average molecular weight is 939 g/mol. The van der Waals surface area contributed by atoms with E-state index in [2.05, 4.69) is 15.8 Å².